The molecule has 0 spiro atoms. The maximum absolute atomic E-state index is 11.8. The van der Waals surface area contributed by atoms with E-state index in [0.29, 0.717) is 17.5 Å². The Morgan fingerprint density at radius 2 is 2.05 bits per heavy atom. The number of urea groups is 1. The number of thiophene rings is 1. The Bertz CT molecular complexity index is 463. The number of hydrogen-bond acceptors (Lipinski definition) is 4. The molecule has 1 heterocycles. The van der Waals surface area contributed by atoms with E-state index in [1.54, 1.807) is 5.38 Å². The van der Waals surface area contributed by atoms with Crippen LogP contribution in [0.25, 0.3) is 0 Å². The van der Waals surface area contributed by atoms with Gasteiger partial charge in [0.25, 0.3) is 0 Å². The van der Waals surface area contributed by atoms with E-state index in [1.807, 2.05) is 14.1 Å². The first kappa shape index (κ1) is 16.5. The first-order valence-electron chi connectivity index (χ1n) is 6.35. The molecule has 6 nitrogen and oxygen atoms in total. The lowest BCUT2D eigenvalue weighted by atomic mass is 10.0. The number of likely N-dealkylation sites (N-methyl/N-ethyl adjacent to an activating group) is 1. The molecule has 1 unspecified atom stereocenters. The molecule has 3 N–H and O–H groups in total. The van der Waals surface area contributed by atoms with Gasteiger partial charge in [0.2, 0.25) is 0 Å². The van der Waals surface area contributed by atoms with Gasteiger partial charge in [0, 0.05) is 12.6 Å². The van der Waals surface area contributed by atoms with E-state index in [4.69, 9.17) is 5.11 Å². The molecule has 0 fully saturated rings. The lowest BCUT2D eigenvalue weighted by molar-refractivity contribution is 0.0698. The van der Waals surface area contributed by atoms with Crippen molar-refractivity contribution in [2.45, 2.75) is 19.9 Å². The van der Waals surface area contributed by atoms with Crippen molar-refractivity contribution in [3.05, 3.63) is 17.0 Å². The summed E-state index contributed by atoms with van der Waals surface area (Å²) in [5.74, 6) is -0.642. The fourth-order valence-corrected chi connectivity index (χ4v) is 2.71. The average Bonchev–Trinajstić information content (AvgIpc) is 2.76. The van der Waals surface area contributed by atoms with Crippen LogP contribution in [-0.4, -0.2) is 48.7 Å². The second-order valence-electron chi connectivity index (χ2n) is 5.08. The highest BCUT2D eigenvalue weighted by molar-refractivity contribution is 7.14. The average molecular weight is 299 g/mol. The number of amides is 2. The molecule has 20 heavy (non-hydrogen) atoms. The summed E-state index contributed by atoms with van der Waals surface area (Å²) in [6.07, 6.45) is 0. The molecule has 7 heteroatoms. The summed E-state index contributed by atoms with van der Waals surface area (Å²) in [7, 11) is 3.93. The van der Waals surface area contributed by atoms with E-state index >= 15 is 0 Å². The Hall–Kier alpha value is -1.60. The number of carboxylic acid groups (broad SMARTS) is 1. The van der Waals surface area contributed by atoms with Crippen molar-refractivity contribution in [3.8, 4) is 0 Å². The minimum atomic E-state index is -1.05. The molecule has 1 atom stereocenters. The molecule has 2 amide bonds. The molecule has 0 saturated heterocycles. The van der Waals surface area contributed by atoms with E-state index in [1.165, 1.54) is 17.4 Å². The summed E-state index contributed by atoms with van der Waals surface area (Å²) >= 11 is 1.19. The lowest BCUT2D eigenvalue weighted by Crippen LogP contribution is -2.44. The summed E-state index contributed by atoms with van der Waals surface area (Å²) < 4.78 is 0. The Morgan fingerprint density at radius 3 is 2.55 bits per heavy atom. The van der Waals surface area contributed by atoms with E-state index in [-0.39, 0.29) is 17.6 Å². The van der Waals surface area contributed by atoms with Gasteiger partial charge in [-0.3, -0.25) is 5.32 Å². The largest absolute Gasteiger partial charge is 0.478 e. The number of carboxylic acids is 1. The quantitative estimate of drug-likeness (QED) is 0.752. The Labute approximate surface area is 122 Å². The minimum absolute atomic E-state index is 0.109. The highest BCUT2D eigenvalue weighted by Gasteiger charge is 2.18. The predicted octanol–water partition coefficient (Wildman–Crippen LogP) is 2.15. The van der Waals surface area contributed by atoms with Crippen LogP contribution >= 0.6 is 11.3 Å². The number of hydrogen-bond donors (Lipinski definition) is 3. The van der Waals surface area contributed by atoms with Crippen molar-refractivity contribution in [2.24, 2.45) is 5.92 Å². The van der Waals surface area contributed by atoms with Gasteiger partial charge in [-0.2, -0.15) is 0 Å². The lowest BCUT2D eigenvalue weighted by Gasteiger charge is -2.28. The van der Waals surface area contributed by atoms with Crippen LogP contribution in [0.15, 0.2) is 11.4 Å². The zero-order chi connectivity index (χ0) is 15.3. The maximum atomic E-state index is 11.8. The summed E-state index contributed by atoms with van der Waals surface area (Å²) in [6.45, 7) is 4.68. The van der Waals surface area contributed by atoms with Crippen LogP contribution in [0, 0.1) is 5.92 Å². The third-order valence-corrected chi connectivity index (χ3v) is 3.86. The Kier molecular flexibility index (Phi) is 5.97. The maximum Gasteiger partial charge on any atom is 0.338 e. The fourth-order valence-electron chi connectivity index (χ4n) is 1.93. The molecular weight excluding hydrogens is 278 g/mol. The molecule has 0 bridgehead atoms. The van der Waals surface area contributed by atoms with Gasteiger partial charge in [0.05, 0.1) is 5.56 Å². The van der Waals surface area contributed by atoms with Crippen molar-refractivity contribution in [1.82, 2.24) is 10.2 Å². The van der Waals surface area contributed by atoms with Gasteiger partial charge in [-0.05, 0) is 31.5 Å². The van der Waals surface area contributed by atoms with Gasteiger partial charge in [-0.25, -0.2) is 9.59 Å². The number of aromatic carboxylic acids is 1. The van der Waals surface area contributed by atoms with E-state index in [0.717, 1.165) is 0 Å². The molecule has 0 saturated carbocycles. The molecule has 0 aliphatic carbocycles. The van der Waals surface area contributed by atoms with Crippen LogP contribution < -0.4 is 10.6 Å². The molecule has 0 aromatic carbocycles. The van der Waals surface area contributed by atoms with Gasteiger partial charge in [0.15, 0.2) is 0 Å². The third kappa shape index (κ3) is 4.50. The Morgan fingerprint density at radius 1 is 1.40 bits per heavy atom. The zero-order valence-corrected chi connectivity index (χ0v) is 13.0. The van der Waals surface area contributed by atoms with E-state index in [9.17, 15) is 9.59 Å². The molecule has 1 aromatic rings. The molecule has 0 radical (unpaired) electrons. The second-order valence-corrected chi connectivity index (χ2v) is 5.99. The first-order valence-corrected chi connectivity index (χ1v) is 7.23. The van der Waals surface area contributed by atoms with Crippen molar-refractivity contribution in [1.29, 1.82) is 0 Å². The number of carbonyl (C=O) groups excluding carboxylic acids is 1. The highest BCUT2D eigenvalue weighted by atomic mass is 32.1. The fraction of sp³-hybridized carbons (Fsp3) is 0.538. The van der Waals surface area contributed by atoms with Gasteiger partial charge in [-0.1, -0.05) is 13.8 Å². The van der Waals surface area contributed by atoms with Crippen molar-refractivity contribution in [3.63, 3.8) is 0 Å². The number of carbonyl (C=O) groups is 2. The molecule has 1 rings (SSSR count). The highest BCUT2D eigenvalue weighted by Crippen LogP contribution is 2.22. The van der Waals surface area contributed by atoms with Gasteiger partial charge in [-0.15, -0.1) is 11.3 Å². The Balaban J connectivity index is 2.55. The van der Waals surface area contributed by atoms with E-state index in [2.05, 4.69) is 29.4 Å². The smallest absolute Gasteiger partial charge is 0.338 e. The van der Waals surface area contributed by atoms with Crippen LogP contribution in [0.2, 0.25) is 0 Å². The van der Waals surface area contributed by atoms with Crippen LogP contribution in [0.4, 0.5) is 9.80 Å². The van der Waals surface area contributed by atoms with Crippen LogP contribution in [0.1, 0.15) is 24.2 Å². The van der Waals surface area contributed by atoms with Gasteiger partial charge < -0.3 is 15.3 Å². The molecular formula is C13H21N3O3S. The summed E-state index contributed by atoms with van der Waals surface area (Å²) in [6, 6.07) is 1.31. The second kappa shape index (κ2) is 7.25. The van der Waals surface area contributed by atoms with Gasteiger partial charge >= 0.3 is 12.0 Å². The standard InChI is InChI=1S/C13H21N3O3S/c1-8(2)10(16(3)4)7-14-13(19)15-11-9(12(17)18)5-6-20-11/h5-6,8,10H,7H2,1-4H3,(H,17,18)(H2,14,15,19). The van der Waals surface area contributed by atoms with Crippen molar-refractivity contribution < 1.29 is 14.7 Å². The predicted molar refractivity (Wildman–Crippen MR) is 80.6 cm³/mol. The SMILES string of the molecule is CC(C)C(CNC(=O)Nc1sccc1C(=O)O)N(C)C. The number of rotatable bonds is 6. The van der Waals surface area contributed by atoms with Crippen molar-refractivity contribution in [2.75, 3.05) is 26.0 Å². The van der Waals surface area contributed by atoms with Crippen LogP contribution in [0.3, 0.4) is 0 Å². The molecule has 1 aromatic heterocycles. The van der Waals surface area contributed by atoms with Crippen molar-refractivity contribution >= 4 is 28.3 Å². The summed E-state index contributed by atoms with van der Waals surface area (Å²) in [5.41, 5.74) is 0.109. The van der Waals surface area contributed by atoms with Crippen LogP contribution in [0.5, 0.6) is 0 Å². The number of nitrogens with zero attached hydrogens (tertiary/aromatic N) is 1. The topological polar surface area (TPSA) is 81.7 Å². The minimum Gasteiger partial charge on any atom is -0.478 e. The molecule has 0 aliphatic rings. The number of anilines is 1. The van der Waals surface area contributed by atoms with Gasteiger partial charge in [0.1, 0.15) is 5.00 Å². The monoisotopic (exact) mass is 299 g/mol. The third-order valence-electron chi connectivity index (χ3n) is 3.03. The van der Waals surface area contributed by atoms with Crippen LogP contribution in [-0.2, 0) is 0 Å². The zero-order valence-electron chi connectivity index (χ0n) is 12.1. The summed E-state index contributed by atoms with van der Waals surface area (Å²) in [4.78, 5) is 24.8. The van der Waals surface area contributed by atoms with E-state index < -0.39 is 5.97 Å². The summed E-state index contributed by atoms with van der Waals surface area (Å²) in [5, 5.41) is 16.3. The first-order chi connectivity index (χ1) is 9.32. The number of nitrogens with one attached hydrogen (secondary N) is 2. The normalized spacial score (nSPS) is 12.5. The molecule has 112 valence electrons. The molecule has 0 aliphatic heterocycles.